The van der Waals surface area contributed by atoms with Gasteiger partial charge < -0.3 is 4.74 Å². The van der Waals surface area contributed by atoms with Crippen molar-refractivity contribution in [2.24, 2.45) is 4.99 Å². The minimum Gasteiger partial charge on any atom is -0.474 e. The molecule has 1 heterocycles. The first kappa shape index (κ1) is 9.00. The van der Waals surface area contributed by atoms with E-state index in [2.05, 4.69) is 23.7 Å². The Bertz CT molecular complexity index is 331. The molecule has 2 rings (SSSR count). The van der Waals surface area contributed by atoms with Gasteiger partial charge in [0.2, 0.25) is 0 Å². The lowest BCUT2D eigenvalue weighted by Gasteiger charge is -2.12. The van der Waals surface area contributed by atoms with E-state index in [0.29, 0.717) is 0 Å². The molecule has 0 saturated heterocycles. The summed E-state index contributed by atoms with van der Waals surface area (Å²) in [4.78, 5) is 4.26. The third-order valence-electron chi connectivity index (χ3n) is 2.37. The molecule has 0 N–H and O–H groups in total. The van der Waals surface area contributed by atoms with Crippen LogP contribution in [0.3, 0.4) is 0 Å². The number of nitrogens with zero attached hydrogens (tertiary/aromatic N) is 1. The minimum absolute atomic E-state index is 0.0372. The van der Waals surface area contributed by atoms with Crippen molar-refractivity contribution >= 4 is 6.40 Å². The molecule has 14 heavy (non-hydrogen) atoms. The average Bonchev–Trinajstić information content (AvgIpc) is 2.67. The van der Waals surface area contributed by atoms with Gasteiger partial charge in [-0.1, -0.05) is 36.9 Å². The van der Waals surface area contributed by atoms with Crippen molar-refractivity contribution in [1.82, 2.24) is 0 Å². The van der Waals surface area contributed by atoms with Gasteiger partial charge >= 0.3 is 0 Å². The SMILES string of the molecule is C=CC1OC=NC1Cc1ccccc1. The molecule has 1 aromatic carbocycles. The molecule has 0 aromatic heterocycles. The summed E-state index contributed by atoms with van der Waals surface area (Å²) in [6, 6.07) is 10.5. The summed E-state index contributed by atoms with van der Waals surface area (Å²) in [6.45, 7) is 3.73. The topological polar surface area (TPSA) is 21.6 Å². The second-order valence-corrected chi connectivity index (χ2v) is 3.35. The number of benzene rings is 1. The average molecular weight is 187 g/mol. The zero-order valence-electron chi connectivity index (χ0n) is 7.97. The van der Waals surface area contributed by atoms with E-state index in [1.54, 1.807) is 6.08 Å². The lowest BCUT2D eigenvalue weighted by atomic mass is 10.0. The molecule has 1 aliphatic heterocycles. The summed E-state index contributed by atoms with van der Waals surface area (Å²) in [5.74, 6) is 0. The highest BCUT2D eigenvalue weighted by molar-refractivity contribution is 5.51. The van der Waals surface area contributed by atoms with Gasteiger partial charge in [0.05, 0.1) is 6.04 Å². The van der Waals surface area contributed by atoms with Crippen molar-refractivity contribution in [3.05, 3.63) is 48.6 Å². The predicted molar refractivity (Wildman–Crippen MR) is 57.5 cm³/mol. The van der Waals surface area contributed by atoms with Crippen LogP contribution in [0.25, 0.3) is 0 Å². The monoisotopic (exact) mass is 187 g/mol. The second-order valence-electron chi connectivity index (χ2n) is 3.35. The van der Waals surface area contributed by atoms with E-state index in [9.17, 15) is 0 Å². The third-order valence-corrected chi connectivity index (χ3v) is 2.37. The van der Waals surface area contributed by atoms with E-state index >= 15 is 0 Å². The van der Waals surface area contributed by atoms with Gasteiger partial charge in [-0.25, -0.2) is 0 Å². The molecule has 0 radical (unpaired) electrons. The largest absolute Gasteiger partial charge is 0.474 e. The van der Waals surface area contributed by atoms with Crippen LogP contribution >= 0.6 is 0 Å². The molecular formula is C12H13NO. The first-order valence-corrected chi connectivity index (χ1v) is 4.74. The van der Waals surface area contributed by atoms with Gasteiger partial charge in [0, 0.05) is 0 Å². The molecule has 0 aliphatic carbocycles. The highest BCUT2D eigenvalue weighted by atomic mass is 16.5. The standard InChI is InChI=1S/C12H13NO/c1-2-12-11(13-9-14-12)8-10-6-4-3-5-7-10/h2-7,9,11-12H,1,8H2. The van der Waals surface area contributed by atoms with Gasteiger partial charge in [-0.05, 0) is 18.1 Å². The van der Waals surface area contributed by atoms with Gasteiger partial charge in [0.15, 0.2) is 6.40 Å². The van der Waals surface area contributed by atoms with Crippen LogP contribution in [-0.2, 0) is 11.2 Å². The third kappa shape index (κ3) is 1.84. The first-order chi connectivity index (χ1) is 6.90. The van der Waals surface area contributed by atoms with Gasteiger partial charge in [-0.15, -0.1) is 0 Å². The Balaban J connectivity index is 2.04. The molecule has 2 unspecified atom stereocenters. The Morgan fingerprint density at radius 2 is 2.14 bits per heavy atom. The quantitative estimate of drug-likeness (QED) is 0.665. The fraction of sp³-hybridized carbons (Fsp3) is 0.250. The molecule has 1 aliphatic rings. The lowest BCUT2D eigenvalue weighted by molar-refractivity contribution is 0.250. The van der Waals surface area contributed by atoms with Crippen LogP contribution in [0.15, 0.2) is 48.0 Å². The maximum atomic E-state index is 5.28. The van der Waals surface area contributed by atoms with E-state index in [-0.39, 0.29) is 12.1 Å². The molecule has 0 saturated carbocycles. The molecule has 0 fully saturated rings. The molecule has 0 spiro atoms. The zero-order chi connectivity index (χ0) is 9.80. The smallest absolute Gasteiger partial charge is 0.170 e. The lowest BCUT2D eigenvalue weighted by Crippen LogP contribution is -2.21. The second kappa shape index (κ2) is 4.09. The molecule has 0 amide bonds. The van der Waals surface area contributed by atoms with Crippen molar-refractivity contribution in [3.63, 3.8) is 0 Å². The molecule has 0 bridgehead atoms. The number of ether oxygens (including phenoxy) is 1. The van der Waals surface area contributed by atoms with E-state index in [0.717, 1.165) is 6.42 Å². The Labute approximate surface area is 83.9 Å². The van der Waals surface area contributed by atoms with Crippen molar-refractivity contribution in [1.29, 1.82) is 0 Å². The molecule has 2 nitrogen and oxygen atoms in total. The van der Waals surface area contributed by atoms with Crippen molar-refractivity contribution in [2.45, 2.75) is 18.6 Å². The minimum atomic E-state index is 0.0372. The first-order valence-electron chi connectivity index (χ1n) is 4.74. The summed E-state index contributed by atoms with van der Waals surface area (Å²) in [5, 5.41) is 0. The Morgan fingerprint density at radius 1 is 1.36 bits per heavy atom. The van der Waals surface area contributed by atoms with E-state index in [1.807, 2.05) is 18.2 Å². The maximum absolute atomic E-state index is 5.28. The summed E-state index contributed by atoms with van der Waals surface area (Å²) >= 11 is 0. The fourth-order valence-corrected chi connectivity index (χ4v) is 1.60. The van der Waals surface area contributed by atoms with Crippen LogP contribution in [0.2, 0.25) is 0 Å². The number of hydrogen-bond acceptors (Lipinski definition) is 2. The van der Waals surface area contributed by atoms with Crippen LogP contribution in [-0.4, -0.2) is 18.5 Å². The zero-order valence-corrected chi connectivity index (χ0v) is 7.97. The highest BCUT2D eigenvalue weighted by Gasteiger charge is 2.22. The van der Waals surface area contributed by atoms with Gasteiger partial charge in [0.25, 0.3) is 0 Å². The molecule has 2 atom stereocenters. The van der Waals surface area contributed by atoms with Gasteiger partial charge in [-0.3, -0.25) is 4.99 Å². The van der Waals surface area contributed by atoms with Crippen LogP contribution in [0.4, 0.5) is 0 Å². The normalized spacial score (nSPS) is 24.6. The molecule has 1 aromatic rings. The van der Waals surface area contributed by atoms with E-state index < -0.39 is 0 Å². The molecular weight excluding hydrogens is 174 g/mol. The Morgan fingerprint density at radius 3 is 2.86 bits per heavy atom. The van der Waals surface area contributed by atoms with E-state index in [4.69, 9.17) is 4.74 Å². The van der Waals surface area contributed by atoms with Gasteiger partial charge in [0.1, 0.15) is 6.10 Å². The summed E-state index contributed by atoms with van der Waals surface area (Å²) < 4.78 is 5.28. The van der Waals surface area contributed by atoms with E-state index in [1.165, 1.54) is 12.0 Å². The van der Waals surface area contributed by atoms with Crippen molar-refractivity contribution in [2.75, 3.05) is 0 Å². The van der Waals surface area contributed by atoms with Crippen LogP contribution in [0.5, 0.6) is 0 Å². The Kier molecular flexibility index (Phi) is 2.63. The van der Waals surface area contributed by atoms with Crippen molar-refractivity contribution in [3.8, 4) is 0 Å². The Hall–Kier alpha value is -1.57. The summed E-state index contributed by atoms with van der Waals surface area (Å²) in [7, 11) is 0. The number of aliphatic imine (C=N–C) groups is 1. The van der Waals surface area contributed by atoms with Crippen LogP contribution in [0, 0.1) is 0 Å². The molecule has 72 valence electrons. The number of hydrogen-bond donors (Lipinski definition) is 0. The number of rotatable bonds is 3. The summed E-state index contributed by atoms with van der Waals surface area (Å²) in [5.41, 5.74) is 1.28. The van der Waals surface area contributed by atoms with Gasteiger partial charge in [-0.2, -0.15) is 0 Å². The fourth-order valence-electron chi connectivity index (χ4n) is 1.60. The van der Waals surface area contributed by atoms with Crippen molar-refractivity contribution < 1.29 is 4.74 Å². The molecule has 2 heteroatoms. The van der Waals surface area contributed by atoms with Crippen LogP contribution in [0.1, 0.15) is 5.56 Å². The van der Waals surface area contributed by atoms with Crippen LogP contribution < -0.4 is 0 Å². The summed E-state index contributed by atoms with van der Waals surface area (Å²) in [6.07, 6.45) is 4.28. The predicted octanol–water partition coefficient (Wildman–Crippen LogP) is 2.21. The highest BCUT2D eigenvalue weighted by Crippen LogP contribution is 2.15. The maximum Gasteiger partial charge on any atom is 0.170 e.